The van der Waals surface area contributed by atoms with Crippen molar-refractivity contribution in [1.82, 2.24) is 4.98 Å². The van der Waals surface area contributed by atoms with E-state index in [1.54, 1.807) is 6.20 Å². The van der Waals surface area contributed by atoms with E-state index in [2.05, 4.69) is 30.2 Å². The highest BCUT2D eigenvalue weighted by atomic mass is 14.9. The van der Waals surface area contributed by atoms with Gasteiger partial charge in [0.25, 0.3) is 0 Å². The molecular formula is C17H23N3. The van der Waals surface area contributed by atoms with E-state index >= 15 is 0 Å². The Kier molecular flexibility index (Phi) is 3.51. The van der Waals surface area contributed by atoms with E-state index in [4.69, 9.17) is 5.73 Å². The minimum absolute atomic E-state index is 0.530. The summed E-state index contributed by atoms with van der Waals surface area (Å²) in [6.07, 6.45) is 5.63. The van der Waals surface area contributed by atoms with Gasteiger partial charge >= 0.3 is 0 Å². The van der Waals surface area contributed by atoms with Gasteiger partial charge in [-0.05, 0) is 55.4 Å². The molecule has 106 valence electrons. The van der Waals surface area contributed by atoms with E-state index in [0.717, 1.165) is 28.2 Å². The number of nitrogen functional groups attached to an aromatic ring is 1. The maximum Gasteiger partial charge on any atom is 0.0724 e. The fourth-order valence-electron chi connectivity index (χ4n) is 3.38. The Hall–Kier alpha value is -1.77. The minimum atomic E-state index is 0.530. The van der Waals surface area contributed by atoms with Gasteiger partial charge in [-0.2, -0.15) is 0 Å². The van der Waals surface area contributed by atoms with Crippen molar-refractivity contribution in [1.29, 1.82) is 0 Å². The summed E-state index contributed by atoms with van der Waals surface area (Å²) in [7, 11) is 0. The molecule has 2 aromatic rings. The maximum atomic E-state index is 6.31. The van der Waals surface area contributed by atoms with Crippen LogP contribution in [0.25, 0.3) is 10.9 Å². The van der Waals surface area contributed by atoms with Gasteiger partial charge in [-0.25, -0.2) is 0 Å². The highest BCUT2D eigenvalue weighted by molar-refractivity contribution is 5.96. The van der Waals surface area contributed by atoms with Crippen molar-refractivity contribution in [3.63, 3.8) is 0 Å². The summed E-state index contributed by atoms with van der Waals surface area (Å²) in [6.45, 7) is 4.69. The van der Waals surface area contributed by atoms with Gasteiger partial charge in [0.15, 0.2) is 0 Å². The fraction of sp³-hybridized carbons (Fsp3) is 0.471. The number of hydrogen-bond donors (Lipinski definition) is 2. The number of nitrogens with zero attached hydrogens (tertiary/aromatic N) is 1. The predicted molar refractivity (Wildman–Crippen MR) is 85.7 cm³/mol. The Labute approximate surface area is 120 Å². The van der Waals surface area contributed by atoms with Gasteiger partial charge in [0.05, 0.1) is 16.9 Å². The standard InChI is InChI=1S/C17H23N3/c1-11-5-6-14(12(2)10-11)20-16-8-7-15-13(17(16)18)4-3-9-19-15/h3-4,7-9,11-12,14,20H,5-6,10,18H2,1-2H3. The summed E-state index contributed by atoms with van der Waals surface area (Å²) in [6, 6.07) is 8.62. The molecule has 3 N–H and O–H groups in total. The van der Waals surface area contributed by atoms with Gasteiger partial charge in [-0.3, -0.25) is 4.98 Å². The van der Waals surface area contributed by atoms with Gasteiger partial charge in [-0.15, -0.1) is 0 Å². The fourth-order valence-corrected chi connectivity index (χ4v) is 3.38. The van der Waals surface area contributed by atoms with E-state index in [1.165, 1.54) is 19.3 Å². The number of aromatic nitrogens is 1. The molecule has 0 amide bonds. The van der Waals surface area contributed by atoms with Crippen molar-refractivity contribution in [2.45, 2.75) is 39.2 Å². The Morgan fingerprint density at radius 3 is 2.85 bits per heavy atom. The summed E-state index contributed by atoms with van der Waals surface area (Å²) >= 11 is 0. The van der Waals surface area contributed by atoms with E-state index in [0.29, 0.717) is 12.0 Å². The Morgan fingerprint density at radius 1 is 1.20 bits per heavy atom. The molecule has 0 spiro atoms. The van der Waals surface area contributed by atoms with E-state index in [9.17, 15) is 0 Å². The first-order chi connectivity index (χ1) is 9.65. The smallest absolute Gasteiger partial charge is 0.0724 e. The van der Waals surface area contributed by atoms with Crippen molar-refractivity contribution in [3.8, 4) is 0 Å². The Balaban J connectivity index is 1.86. The van der Waals surface area contributed by atoms with Crippen LogP contribution < -0.4 is 11.1 Å². The molecule has 0 radical (unpaired) electrons. The average Bonchev–Trinajstić information content (AvgIpc) is 2.45. The maximum absolute atomic E-state index is 6.31. The van der Waals surface area contributed by atoms with Crippen LogP contribution in [0.4, 0.5) is 11.4 Å². The topological polar surface area (TPSA) is 50.9 Å². The number of pyridine rings is 1. The highest BCUT2D eigenvalue weighted by Crippen LogP contribution is 2.34. The zero-order valence-electron chi connectivity index (χ0n) is 12.3. The number of rotatable bonds is 2. The Morgan fingerprint density at radius 2 is 2.05 bits per heavy atom. The molecule has 20 heavy (non-hydrogen) atoms. The van der Waals surface area contributed by atoms with Crippen LogP contribution in [-0.2, 0) is 0 Å². The number of anilines is 2. The highest BCUT2D eigenvalue weighted by Gasteiger charge is 2.25. The number of fused-ring (bicyclic) bond motifs is 1. The third kappa shape index (κ3) is 2.45. The second-order valence-electron chi connectivity index (χ2n) is 6.24. The third-order valence-electron chi connectivity index (χ3n) is 4.60. The second kappa shape index (κ2) is 5.31. The molecule has 3 unspecified atom stereocenters. The molecule has 1 aromatic heterocycles. The number of nitrogens with one attached hydrogen (secondary N) is 1. The lowest BCUT2D eigenvalue weighted by atomic mass is 9.80. The lowest BCUT2D eigenvalue weighted by molar-refractivity contribution is 0.276. The largest absolute Gasteiger partial charge is 0.397 e. The van der Waals surface area contributed by atoms with Gasteiger partial charge in [-0.1, -0.05) is 13.8 Å². The lowest BCUT2D eigenvalue weighted by Crippen LogP contribution is -2.33. The lowest BCUT2D eigenvalue weighted by Gasteiger charge is -2.34. The normalized spacial score (nSPS) is 26.6. The molecule has 1 saturated carbocycles. The third-order valence-corrected chi connectivity index (χ3v) is 4.60. The van der Waals surface area contributed by atoms with Crippen molar-refractivity contribution >= 4 is 22.3 Å². The van der Waals surface area contributed by atoms with Gasteiger partial charge in [0, 0.05) is 17.6 Å². The molecule has 3 heteroatoms. The summed E-state index contributed by atoms with van der Waals surface area (Å²) in [5.41, 5.74) is 9.14. The molecule has 0 bridgehead atoms. The molecule has 1 aromatic carbocycles. The van der Waals surface area contributed by atoms with E-state index < -0.39 is 0 Å². The average molecular weight is 269 g/mol. The first-order valence-corrected chi connectivity index (χ1v) is 7.55. The van der Waals surface area contributed by atoms with Crippen molar-refractivity contribution in [3.05, 3.63) is 30.5 Å². The predicted octanol–water partition coefficient (Wildman–Crippen LogP) is 4.05. The molecule has 1 aliphatic carbocycles. The van der Waals surface area contributed by atoms with Crippen LogP contribution in [0.5, 0.6) is 0 Å². The van der Waals surface area contributed by atoms with Crippen LogP contribution in [0.1, 0.15) is 33.1 Å². The molecule has 3 rings (SSSR count). The van der Waals surface area contributed by atoms with Gasteiger partial charge < -0.3 is 11.1 Å². The molecule has 0 saturated heterocycles. The van der Waals surface area contributed by atoms with Crippen LogP contribution in [0.2, 0.25) is 0 Å². The summed E-state index contributed by atoms with van der Waals surface area (Å²) in [4.78, 5) is 4.35. The first kappa shape index (κ1) is 13.2. The van der Waals surface area contributed by atoms with Crippen LogP contribution in [-0.4, -0.2) is 11.0 Å². The first-order valence-electron chi connectivity index (χ1n) is 7.55. The molecule has 0 aliphatic heterocycles. The van der Waals surface area contributed by atoms with E-state index in [1.807, 2.05) is 18.2 Å². The van der Waals surface area contributed by atoms with Gasteiger partial charge in [0.1, 0.15) is 0 Å². The van der Waals surface area contributed by atoms with Crippen LogP contribution in [0.3, 0.4) is 0 Å². The van der Waals surface area contributed by atoms with Crippen molar-refractivity contribution in [2.75, 3.05) is 11.1 Å². The molecule has 3 atom stereocenters. The van der Waals surface area contributed by atoms with Crippen LogP contribution >= 0.6 is 0 Å². The SMILES string of the molecule is CC1CCC(Nc2ccc3ncccc3c2N)C(C)C1. The van der Waals surface area contributed by atoms with Crippen molar-refractivity contribution < 1.29 is 0 Å². The monoisotopic (exact) mass is 269 g/mol. The molecule has 1 heterocycles. The quantitative estimate of drug-likeness (QED) is 0.808. The number of hydrogen-bond acceptors (Lipinski definition) is 3. The minimum Gasteiger partial charge on any atom is -0.397 e. The summed E-state index contributed by atoms with van der Waals surface area (Å²) in [5.74, 6) is 1.55. The molecular weight excluding hydrogens is 246 g/mol. The molecule has 1 fully saturated rings. The number of nitrogens with two attached hydrogens (primary N) is 1. The van der Waals surface area contributed by atoms with Crippen LogP contribution in [0, 0.1) is 11.8 Å². The molecule has 1 aliphatic rings. The zero-order chi connectivity index (χ0) is 14.1. The molecule has 3 nitrogen and oxygen atoms in total. The van der Waals surface area contributed by atoms with Gasteiger partial charge in [0.2, 0.25) is 0 Å². The second-order valence-corrected chi connectivity index (χ2v) is 6.24. The van der Waals surface area contributed by atoms with Crippen LogP contribution in [0.15, 0.2) is 30.5 Å². The Bertz CT molecular complexity index is 608. The summed E-state index contributed by atoms with van der Waals surface area (Å²) in [5, 5.41) is 4.70. The van der Waals surface area contributed by atoms with Crippen molar-refractivity contribution in [2.24, 2.45) is 11.8 Å². The summed E-state index contributed by atoms with van der Waals surface area (Å²) < 4.78 is 0. The van der Waals surface area contributed by atoms with E-state index in [-0.39, 0.29) is 0 Å². The zero-order valence-corrected chi connectivity index (χ0v) is 12.3. The number of benzene rings is 1.